The van der Waals surface area contributed by atoms with E-state index in [1.807, 2.05) is 0 Å². The summed E-state index contributed by atoms with van der Waals surface area (Å²) >= 11 is 10.7. The minimum atomic E-state index is -0.619. The number of rotatable bonds is 3. The van der Waals surface area contributed by atoms with E-state index < -0.39 is 11.7 Å². The summed E-state index contributed by atoms with van der Waals surface area (Å²) in [5.74, 6) is -1.24. The van der Waals surface area contributed by atoms with Gasteiger partial charge in [0.1, 0.15) is 22.1 Å². The Hall–Kier alpha value is -1.86. The monoisotopic (exact) mass is 330 g/mol. The number of thiocarbonyl (C=S) groups is 1. The first-order valence-corrected chi connectivity index (χ1v) is 6.72. The molecule has 0 spiro atoms. The van der Waals surface area contributed by atoms with Crippen molar-refractivity contribution in [3.63, 3.8) is 0 Å². The quantitative estimate of drug-likeness (QED) is 0.832. The van der Waals surface area contributed by atoms with Crippen molar-refractivity contribution < 1.29 is 19.0 Å². The zero-order valence-electron chi connectivity index (χ0n) is 11.0. The zero-order chi connectivity index (χ0) is 15.7. The molecule has 1 amide bonds. The molecular weight excluding hydrogens is 319 g/mol. The molecule has 1 heterocycles. The van der Waals surface area contributed by atoms with E-state index >= 15 is 0 Å². The van der Waals surface area contributed by atoms with Crippen molar-refractivity contribution in [2.24, 2.45) is 5.73 Å². The van der Waals surface area contributed by atoms with Gasteiger partial charge in [-0.15, -0.1) is 0 Å². The predicted molar refractivity (Wildman–Crippen MR) is 81.4 cm³/mol. The molecule has 5 nitrogen and oxygen atoms in total. The summed E-state index contributed by atoms with van der Waals surface area (Å²) < 4.78 is 18.7. The lowest BCUT2D eigenvalue weighted by Crippen LogP contribution is -2.41. The Kier molecular flexibility index (Phi) is 4.34. The van der Waals surface area contributed by atoms with Crippen LogP contribution in [0.1, 0.15) is 6.42 Å². The molecule has 1 aromatic carbocycles. The van der Waals surface area contributed by atoms with Crippen molar-refractivity contribution in [1.29, 1.82) is 0 Å². The summed E-state index contributed by atoms with van der Waals surface area (Å²) in [7, 11) is 1.36. The zero-order valence-corrected chi connectivity index (χ0v) is 12.6. The summed E-state index contributed by atoms with van der Waals surface area (Å²) in [6.45, 7) is 0.132. The third-order valence-electron chi connectivity index (χ3n) is 3.05. The Labute approximate surface area is 130 Å². The normalized spacial score (nSPS) is 15.4. The van der Waals surface area contributed by atoms with E-state index in [0.29, 0.717) is 0 Å². The topological polar surface area (TPSA) is 75.8 Å². The smallest absolute Gasteiger partial charge is 0.264 e. The fraction of sp³-hybridized carbons (Fsp3) is 0.231. The molecule has 2 rings (SSSR count). The molecule has 21 heavy (non-hydrogen) atoms. The number of nitrogens with two attached hydrogens (primary N) is 1. The van der Waals surface area contributed by atoms with Crippen LogP contribution in [0.5, 0.6) is 5.75 Å². The number of amides is 1. The number of anilines is 1. The molecule has 0 saturated carbocycles. The van der Waals surface area contributed by atoms with E-state index in [1.165, 1.54) is 12.0 Å². The number of benzene rings is 1. The van der Waals surface area contributed by atoms with E-state index in [2.05, 4.69) is 0 Å². The second-order valence-electron chi connectivity index (χ2n) is 4.33. The molecule has 1 aliphatic heterocycles. The van der Waals surface area contributed by atoms with Crippen LogP contribution in [0.4, 0.5) is 10.1 Å². The Morgan fingerprint density at radius 2 is 2.24 bits per heavy atom. The van der Waals surface area contributed by atoms with Gasteiger partial charge in [-0.3, -0.25) is 4.79 Å². The summed E-state index contributed by atoms with van der Waals surface area (Å²) in [6.07, 6.45) is 0.149. The van der Waals surface area contributed by atoms with Gasteiger partial charge in [-0.2, -0.15) is 0 Å². The molecule has 0 saturated heterocycles. The summed E-state index contributed by atoms with van der Waals surface area (Å²) in [5, 5.41) is 9.78. The molecule has 1 aliphatic rings. The molecule has 0 radical (unpaired) electrons. The van der Waals surface area contributed by atoms with Crippen molar-refractivity contribution >= 4 is 40.4 Å². The minimum absolute atomic E-state index is 0.0379. The molecule has 0 aliphatic carbocycles. The largest absolute Gasteiger partial charge is 0.511 e. The van der Waals surface area contributed by atoms with Gasteiger partial charge in [0.25, 0.3) is 5.91 Å². The first kappa shape index (κ1) is 15.5. The van der Waals surface area contributed by atoms with Crippen LogP contribution < -0.4 is 15.4 Å². The maximum absolute atomic E-state index is 13.6. The van der Waals surface area contributed by atoms with Crippen LogP contribution in [0, 0.1) is 5.82 Å². The Morgan fingerprint density at radius 1 is 1.57 bits per heavy atom. The number of aliphatic hydroxyl groups is 1. The van der Waals surface area contributed by atoms with Gasteiger partial charge in [-0.1, -0.05) is 23.8 Å². The van der Waals surface area contributed by atoms with Crippen LogP contribution in [-0.2, 0) is 4.79 Å². The highest BCUT2D eigenvalue weighted by molar-refractivity contribution is 7.80. The van der Waals surface area contributed by atoms with Crippen molar-refractivity contribution in [2.75, 3.05) is 18.6 Å². The molecule has 0 unspecified atom stereocenters. The first-order chi connectivity index (χ1) is 9.86. The lowest BCUT2D eigenvalue weighted by molar-refractivity contribution is -0.115. The van der Waals surface area contributed by atoms with E-state index in [4.69, 9.17) is 34.3 Å². The van der Waals surface area contributed by atoms with Gasteiger partial charge in [0.2, 0.25) is 0 Å². The summed E-state index contributed by atoms with van der Waals surface area (Å²) in [5.41, 5.74) is 5.46. The standard InChI is InChI=1S/C13H12ClFN2O3S/c1-20-11-7(14)4-6(15)5-8(11)17-3-2-9(18)10(12(16)21)13(17)19/h4-5,18H,2-3H2,1H3,(H2,16,21). The lowest BCUT2D eigenvalue weighted by atomic mass is 10.1. The number of carbonyl (C=O) groups excluding carboxylic acids is 1. The van der Waals surface area contributed by atoms with Gasteiger partial charge >= 0.3 is 0 Å². The number of methoxy groups -OCH3 is 1. The molecule has 0 fully saturated rings. The molecular formula is C13H12ClFN2O3S. The van der Waals surface area contributed by atoms with Crippen LogP contribution in [0.3, 0.4) is 0 Å². The minimum Gasteiger partial charge on any atom is -0.511 e. The fourth-order valence-corrected chi connectivity index (χ4v) is 2.61. The van der Waals surface area contributed by atoms with Gasteiger partial charge in [0.05, 0.1) is 17.8 Å². The number of hydrogen-bond donors (Lipinski definition) is 2. The third-order valence-corrected chi connectivity index (χ3v) is 3.53. The van der Waals surface area contributed by atoms with Gasteiger partial charge in [0, 0.05) is 19.0 Å². The van der Waals surface area contributed by atoms with E-state index in [0.717, 1.165) is 12.1 Å². The van der Waals surface area contributed by atoms with E-state index in [-0.39, 0.29) is 45.7 Å². The van der Waals surface area contributed by atoms with Crippen molar-refractivity contribution in [3.8, 4) is 5.75 Å². The number of aliphatic hydroxyl groups excluding tert-OH is 1. The predicted octanol–water partition coefficient (Wildman–Crippen LogP) is 2.32. The molecule has 112 valence electrons. The maximum Gasteiger partial charge on any atom is 0.264 e. The fourth-order valence-electron chi connectivity index (χ4n) is 2.13. The lowest BCUT2D eigenvalue weighted by Gasteiger charge is -2.29. The molecule has 0 aromatic heterocycles. The Bertz CT molecular complexity index is 663. The van der Waals surface area contributed by atoms with Crippen LogP contribution in [-0.4, -0.2) is 29.7 Å². The highest BCUT2D eigenvalue weighted by atomic mass is 35.5. The third kappa shape index (κ3) is 2.79. The van der Waals surface area contributed by atoms with Gasteiger partial charge < -0.3 is 20.5 Å². The number of nitrogens with zero attached hydrogens (tertiary/aromatic N) is 1. The number of ether oxygens (including phenoxy) is 1. The Balaban J connectivity index is 2.54. The highest BCUT2D eigenvalue weighted by Gasteiger charge is 2.32. The molecule has 0 bridgehead atoms. The first-order valence-electron chi connectivity index (χ1n) is 5.93. The maximum atomic E-state index is 13.6. The number of halogens is 2. The van der Waals surface area contributed by atoms with Crippen molar-refractivity contribution in [3.05, 3.63) is 34.3 Å². The van der Waals surface area contributed by atoms with E-state index in [9.17, 15) is 14.3 Å². The van der Waals surface area contributed by atoms with Gasteiger partial charge in [-0.05, 0) is 6.07 Å². The second-order valence-corrected chi connectivity index (χ2v) is 5.18. The van der Waals surface area contributed by atoms with Crippen LogP contribution >= 0.6 is 23.8 Å². The molecule has 3 N–H and O–H groups in total. The molecule has 0 atom stereocenters. The van der Waals surface area contributed by atoms with E-state index in [1.54, 1.807) is 0 Å². The molecule has 8 heteroatoms. The molecule has 1 aromatic rings. The Morgan fingerprint density at radius 3 is 2.81 bits per heavy atom. The average Bonchev–Trinajstić information content (AvgIpc) is 2.37. The van der Waals surface area contributed by atoms with Gasteiger partial charge in [-0.25, -0.2) is 4.39 Å². The average molecular weight is 331 g/mol. The van der Waals surface area contributed by atoms with Crippen LogP contribution in [0.25, 0.3) is 0 Å². The van der Waals surface area contributed by atoms with Crippen LogP contribution in [0.15, 0.2) is 23.5 Å². The van der Waals surface area contributed by atoms with Crippen molar-refractivity contribution in [1.82, 2.24) is 0 Å². The van der Waals surface area contributed by atoms with Crippen LogP contribution in [0.2, 0.25) is 5.02 Å². The second kappa shape index (κ2) is 5.87. The summed E-state index contributed by atoms with van der Waals surface area (Å²) in [4.78, 5) is 13.4. The summed E-state index contributed by atoms with van der Waals surface area (Å²) in [6, 6.07) is 2.21. The van der Waals surface area contributed by atoms with Crippen molar-refractivity contribution in [2.45, 2.75) is 6.42 Å². The SMILES string of the molecule is COc1c(Cl)cc(F)cc1N1CCC(O)=C(C(N)=S)C1=O. The number of carbonyl (C=O) groups is 1. The highest BCUT2D eigenvalue weighted by Crippen LogP contribution is 2.38. The number of hydrogen-bond acceptors (Lipinski definition) is 4. The van der Waals surface area contributed by atoms with Gasteiger partial charge in [0.15, 0.2) is 5.75 Å².